The summed E-state index contributed by atoms with van der Waals surface area (Å²) in [6, 6.07) is 14.6. The molecule has 0 N–H and O–H groups in total. The fourth-order valence-corrected chi connectivity index (χ4v) is 5.91. The second-order valence-electron chi connectivity index (χ2n) is 7.40. The number of sulfonamides is 1. The van der Waals surface area contributed by atoms with Crippen molar-refractivity contribution in [1.82, 2.24) is 8.87 Å². The van der Waals surface area contributed by atoms with Crippen LogP contribution in [-0.2, 0) is 26.0 Å². The largest absolute Gasteiger partial charge is 0.497 e. The molecule has 33 heavy (non-hydrogen) atoms. The second-order valence-corrected chi connectivity index (χ2v) is 10.2. The van der Waals surface area contributed by atoms with Gasteiger partial charge in [0.2, 0.25) is 10.0 Å². The Morgan fingerprint density at radius 1 is 1.03 bits per heavy atom. The van der Waals surface area contributed by atoms with E-state index in [2.05, 4.69) is 4.57 Å². The first-order valence-corrected chi connectivity index (χ1v) is 12.9. The van der Waals surface area contributed by atoms with E-state index >= 15 is 0 Å². The highest BCUT2D eigenvalue weighted by Crippen LogP contribution is 2.25. The number of hydrogen-bond acceptors (Lipinski definition) is 7. The molecule has 176 valence electrons. The minimum atomic E-state index is -3.53. The van der Waals surface area contributed by atoms with Gasteiger partial charge in [-0.1, -0.05) is 12.1 Å². The Kier molecular flexibility index (Phi) is 7.61. The van der Waals surface area contributed by atoms with E-state index in [0.29, 0.717) is 39.5 Å². The third-order valence-electron chi connectivity index (χ3n) is 5.37. The maximum absolute atomic E-state index is 12.9. The van der Waals surface area contributed by atoms with Crippen molar-refractivity contribution in [2.24, 2.45) is 4.99 Å². The highest BCUT2D eigenvalue weighted by atomic mass is 32.2. The van der Waals surface area contributed by atoms with Crippen LogP contribution < -0.4 is 9.54 Å². The third kappa shape index (κ3) is 5.36. The molecule has 0 radical (unpaired) electrons. The van der Waals surface area contributed by atoms with Crippen molar-refractivity contribution in [1.29, 1.82) is 0 Å². The van der Waals surface area contributed by atoms with E-state index in [4.69, 9.17) is 19.2 Å². The number of nitrogens with zero attached hydrogens (tertiary/aromatic N) is 3. The van der Waals surface area contributed by atoms with E-state index in [0.717, 1.165) is 27.5 Å². The molecule has 8 nitrogen and oxygen atoms in total. The van der Waals surface area contributed by atoms with Gasteiger partial charge in [0.1, 0.15) is 5.75 Å². The number of methoxy groups -OCH3 is 2. The van der Waals surface area contributed by atoms with E-state index in [1.807, 2.05) is 41.8 Å². The van der Waals surface area contributed by atoms with E-state index in [1.165, 1.54) is 15.6 Å². The average molecular weight is 490 g/mol. The van der Waals surface area contributed by atoms with Gasteiger partial charge in [-0.25, -0.2) is 13.4 Å². The first-order valence-electron chi connectivity index (χ1n) is 10.6. The monoisotopic (exact) mass is 489 g/mol. The Labute approximate surface area is 197 Å². The van der Waals surface area contributed by atoms with Gasteiger partial charge in [-0.3, -0.25) is 0 Å². The summed E-state index contributed by atoms with van der Waals surface area (Å²) in [6.45, 7) is 2.75. The van der Waals surface area contributed by atoms with Crippen molar-refractivity contribution in [3.8, 4) is 17.0 Å². The number of ether oxygens (including phenoxy) is 3. The van der Waals surface area contributed by atoms with Crippen LogP contribution in [0.4, 0.5) is 5.69 Å². The number of hydrogen-bond donors (Lipinski definition) is 0. The number of rotatable bonds is 8. The van der Waals surface area contributed by atoms with Crippen molar-refractivity contribution >= 4 is 27.0 Å². The Morgan fingerprint density at radius 3 is 2.36 bits per heavy atom. The molecule has 4 rings (SSSR count). The van der Waals surface area contributed by atoms with E-state index in [1.54, 1.807) is 26.4 Å². The molecule has 2 aromatic carbocycles. The quantitative estimate of drug-likeness (QED) is 0.486. The molecule has 1 aromatic heterocycles. The predicted molar refractivity (Wildman–Crippen MR) is 127 cm³/mol. The smallest absolute Gasteiger partial charge is 0.243 e. The molecule has 0 saturated carbocycles. The molecule has 0 atom stereocenters. The molecule has 0 bridgehead atoms. The van der Waals surface area contributed by atoms with E-state index in [9.17, 15) is 8.42 Å². The summed E-state index contributed by atoms with van der Waals surface area (Å²) in [4.78, 5) is 5.91. The number of benzene rings is 2. The van der Waals surface area contributed by atoms with Gasteiger partial charge < -0.3 is 18.8 Å². The molecule has 0 amide bonds. The number of aromatic nitrogens is 1. The van der Waals surface area contributed by atoms with Crippen LogP contribution in [0, 0.1) is 0 Å². The minimum absolute atomic E-state index is 0.287. The molecular formula is C23H27N3O5S2. The lowest BCUT2D eigenvalue weighted by Crippen LogP contribution is -2.40. The maximum atomic E-state index is 12.9. The van der Waals surface area contributed by atoms with Crippen LogP contribution in [0.15, 0.2) is 63.8 Å². The first kappa shape index (κ1) is 23.7. The number of morpholine rings is 1. The Bertz CT molecular complexity index is 1230. The lowest BCUT2D eigenvalue weighted by molar-refractivity contribution is 0.0730. The Hall–Kier alpha value is -2.50. The van der Waals surface area contributed by atoms with Crippen LogP contribution >= 0.6 is 11.3 Å². The number of thiazole rings is 1. The van der Waals surface area contributed by atoms with Crippen molar-refractivity contribution in [2.45, 2.75) is 11.4 Å². The lowest BCUT2D eigenvalue weighted by atomic mass is 10.2. The predicted octanol–water partition coefficient (Wildman–Crippen LogP) is 3.12. The molecule has 2 heterocycles. The zero-order valence-corrected chi connectivity index (χ0v) is 20.3. The van der Waals surface area contributed by atoms with E-state index < -0.39 is 10.0 Å². The summed E-state index contributed by atoms with van der Waals surface area (Å²) in [5.41, 5.74) is 2.70. The van der Waals surface area contributed by atoms with Gasteiger partial charge in [0.05, 0.1) is 43.2 Å². The summed E-state index contributed by atoms with van der Waals surface area (Å²) in [5.74, 6) is 0.778. The molecule has 3 aromatic rings. The third-order valence-corrected chi connectivity index (χ3v) is 8.15. The van der Waals surface area contributed by atoms with Crippen LogP contribution in [0.3, 0.4) is 0 Å². The van der Waals surface area contributed by atoms with Crippen LogP contribution in [0.25, 0.3) is 11.3 Å². The van der Waals surface area contributed by atoms with E-state index in [-0.39, 0.29) is 4.90 Å². The zero-order valence-electron chi connectivity index (χ0n) is 18.6. The maximum Gasteiger partial charge on any atom is 0.243 e. The van der Waals surface area contributed by atoms with Gasteiger partial charge in [0, 0.05) is 32.1 Å². The van der Waals surface area contributed by atoms with Gasteiger partial charge in [-0.15, -0.1) is 11.3 Å². The Morgan fingerprint density at radius 2 is 1.73 bits per heavy atom. The minimum Gasteiger partial charge on any atom is -0.497 e. The van der Waals surface area contributed by atoms with Crippen molar-refractivity contribution < 1.29 is 22.6 Å². The zero-order chi connectivity index (χ0) is 23.3. The summed E-state index contributed by atoms with van der Waals surface area (Å²) in [5, 5.41) is 2.03. The highest BCUT2D eigenvalue weighted by molar-refractivity contribution is 7.89. The molecule has 1 aliphatic heterocycles. The summed E-state index contributed by atoms with van der Waals surface area (Å²) >= 11 is 1.53. The summed E-state index contributed by atoms with van der Waals surface area (Å²) in [7, 11) is -0.229. The molecule has 0 spiro atoms. The van der Waals surface area contributed by atoms with Gasteiger partial charge >= 0.3 is 0 Å². The van der Waals surface area contributed by atoms with Gasteiger partial charge in [-0.05, 0) is 42.0 Å². The lowest BCUT2D eigenvalue weighted by Gasteiger charge is -2.26. The van der Waals surface area contributed by atoms with Crippen molar-refractivity contribution in [3.05, 3.63) is 58.7 Å². The summed E-state index contributed by atoms with van der Waals surface area (Å²) < 4.78 is 45.2. The first-order chi connectivity index (χ1) is 16.0. The van der Waals surface area contributed by atoms with Crippen LogP contribution in [0.1, 0.15) is 0 Å². The fourth-order valence-electron chi connectivity index (χ4n) is 3.55. The molecular weight excluding hydrogens is 462 g/mol. The summed E-state index contributed by atoms with van der Waals surface area (Å²) in [6.07, 6.45) is 0. The highest BCUT2D eigenvalue weighted by Gasteiger charge is 2.26. The Balaban J connectivity index is 1.66. The standard InChI is InChI=1S/C23H27N3O5S2/c1-29-14-13-26-22(17-32-23(26)24-19-5-7-20(30-2)8-6-19)18-3-9-21(10-4-18)33(27,28)25-11-15-31-16-12-25/h3-10,17H,11-16H2,1-2H3. The van der Waals surface area contributed by atoms with Gasteiger partial charge in [0.15, 0.2) is 4.80 Å². The van der Waals surface area contributed by atoms with Crippen molar-refractivity contribution in [2.75, 3.05) is 47.1 Å². The van der Waals surface area contributed by atoms with Crippen LogP contribution in [-0.4, -0.2) is 64.4 Å². The molecule has 1 saturated heterocycles. The average Bonchev–Trinajstić information content (AvgIpc) is 3.26. The molecule has 0 unspecified atom stereocenters. The van der Waals surface area contributed by atoms with Crippen molar-refractivity contribution in [3.63, 3.8) is 0 Å². The SMILES string of the molecule is COCCn1c(-c2ccc(S(=O)(=O)N3CCOCC3)cc2)csc1=Nc1ccc(OC)cc1. The second kappa shape index (κ2) is 10.6. The van der Waals surface area contributed by atoms with Gasteiger partial charge in [0.25, 0.3) is 0 Å². The van der Waals surface area contributed by atoms with Crippen LogP contribution in [0.2, 0.25) is 0 Å². The van der Waals surface area contributed by atoms with Gasteiger partial charge in [-0.2, -0.15) is 4.31 Å². The fraction of sp³-hybridized carbons (Fsp3) is 0.348. The molecule has 10 heteroatoms. The normalized spacial score (nSPS) is 15.6. The molecule has 1 aliphatic rings. The van der Waals surface area contributed by atoms with Crippen LogP contribution in [0.5, 0.6) is 5.75 Å². The molecule has 0 aliphatic carbocycles. The molecule has 1 fully saturated rings. The topological polar surface area (TPSA) is 82.4 Å².